The maximum atomic E-state index is 12.2. The second-order valence-electron chi connectivity index (χ2n) is 5.03. The summed E-state index contributed by atoms with van der Waals surface area (Å²) in [6.07, 6.45) is 1.98. The number of hydrogen-bond acceptors (Lipinski definition) is 2. The van der Waals surface area contributed by atoms with Crippen LogP contribution in [0.5, 0.6) is 0 Å². The second kappa shape index (κ2) is 4.49. The van der Waals surface area contributed by atoms with Crippen molar-refractivity contribution < 1.29 is 4.79 Å². The first-order valence-electron chi connectivity index (χ1n) is 6.11. The lowest BCUT2D eigenvalue weighted by atomic mass is 10.0. The zero-order valence-corrected chi connectivity index (χ0v) is 10.8. The molecule has 17 heavy (non-hydrogen) atoms. The van der Waals surface area contributed by atoms with Crippen LogP contribution in [0.3, 0.4) is 0 Å². The lowest BCUT2D eigenvalue weighted by Gasteiger charge is -2.17. The Morgan fingerprint density at radius 1 is 1.29 bits per heavy atom. The lowest BCUT2D eigenvalue weighted by molar-refractivity contribution is -0.121. The Hall–Kier alpha value is -1.35. The standard InChI is InChI=1S/C14H20N2O/c1-10-5-4-6-11(2)12(10)16-13(17)14(7-8-14)9-15-3/h4-6,15H,7-9H2,1-3H3,(H,16,17). The monoisotopic (exact) mass is 232 g/mol. The third kappa shape index (κ3) is 2.34. The van der Waals surface area contributed by atoms with Crippen LogP contribution in [0.2, 0.25) is 0 Å². The first-order chi connectivity index (χ1) is 8.09. The van der Waals surface area contributed by atoms with Crippen LogP contribution in [0.15, 0.2) is 18.2 Å². The molecule has 2 rings (SSSR count). The number of benzene rings is 1. The molecule has 0 atom stereocenters. The molecule has 1 aromatic rings. The summed E-state index contributed by atoms with van der Waals surface area (Å²) in [5, 5.41) is 6.19. The molecule has 1 aromatic carbocycles. The number of para-hydroxylation sites is 1. The van der Waals surface area contributed by atoms with E-state index < -0.39 is 0 Å². The van der Waals surface area contributed by atoms with E-state index >= 15 is 0 Å². The second-order valence-corrected chi connectivity index (χ2v) is 5.03. The van der Waals surface area contributed by atoms with E-state index in [-0.39, 0.29) is 11.3 Å². The highest BCUT2D eigenvalue weighted by molar-refractivity contribution is 5.98. The zero-order valence-electron chi connectivity index (χ0n) is 10.8. The molecule has 2 N–H and O–H groups in total. The van der Waals surface area contributed by atoms with E-state index in [2.05, 4.69) is 10.6 Å². The molecule has 0 unspecified atom stereocenters. The van der Waals surface area contributed by atoms with E-state index in [0.717, 1.165) is 36.2 Å². The van der Waals surface area contributed by atoms with Crippen LogP contribution < -0.4 is 10.6 Å². The van der Waals surface area contributed by atoms with Crippen LogP contribution >= 0.6 is 0 Å². The van der Waals surface area contributed by atoms with Crippen molar-refractivity contribution in [3.05, 3.63) is 29.3 Å². The maximum Gasteiger partial charge on any atom is 0.231 e. The molecule has 92 valence electrons. The molecular formula is C14H20N2O. The van der Waals surface area contributed by atoms with Crippen molar-refractivity contribution >= 4 is 11.6 Å². The van der Waals surface area contributed by atoms with Gasteiger partial charge in [0.15, 0.2) is 0 Å². The van der Waals surface area contributed by atoms with Gasteiger partial charge in [0.2, 0.25) is 5.91 Å². The summed E-state index contributed by atoms with van der Waals surface area (Å²) in [6, 6.07) is 6.07. The van der Waals surface area contributed by atoms with Crippen LogP contribution in [0.25, 0.3) is 0 Å². The third-order valence-electron chi connectivity index (χ3n) is 3.57. The molecule has 0 saturated heterocycles. The molecule has 0 radical (unpaired) electrons. The molecule has 1 amide bonds. The van der Waals surface area contributed by atoms with E-state index in [1.165, 1.54) is 0 Å². The molecule has 0 aromatic heterocycles. The van der Waals surface area contributed by atoms with Gasteiger partial charge in [-0.15, -0.1) is 0 Å². The fourth-order valence-electron chi connectivity index (χ4n) is 2.23. The predicted octanol–water partition coefficient (Wildman–Crippen LogP) is 2.24. The quantitative estimate of drug-likeness (QED) is 0.836. The normalized spacial score (nSPS) is 16.6. The fraction of sp³-hybridized carbons (Fsp3) is 0.500. The summed E-state index contributed by atoms with van der Waals surface area (Å²) in [5.41, 5.74) is 3.06. The molecule has 3 heteroatoms. The van der Waals surface area contributed by atoms with Gasteiger partial charge >= 0.3 is 0 Å². The van der Waals surface area contributed by atoms with Crippen LogP contribution in [-0.2, 0) is 4.79 Å². The Morgan fingerprint density at radius 3 is 2.35 bits per heavy atom. The van der Waals surface area contributed by atoms with E-state index in [4.69, 9.17) is 0 Å². The molecule has 0 bridgehead atoms. The van der Waals surface area contributed by atoms with E-state index in [1.54, 1.807) is 0 Å². The molecule has 3 nitrogen and oxygen atoms in total. The minimum Gasteiger partial charge on any atom is -0.325 e. The number of hydrogen-bond donors (Lipinski definition) is 2. The van der Waals surface area contributed by atoms with Gasteiger partial charge in [-0.2, -0.15) is 0 Å². The number of nitrogens with one attached hydrogen (secondary N) is 2. The van der Waals surface area contributed by atoms with E-state index in [0.29, 0.717) is 0 Å². The number of amides is 1. The highest BCUT2D eigenvalue weighted by Gasteiger charge is 2.49. The average molecular weight is 232 g/mol. The molecule has 0 spiro atoms. The number of anilines is 1. The van der Waals surface area contributed by atoms with Crippen molar-refractivity contribution in [2.24, 2.45) is 5.41 Å². The fourth-order valence-corrected chi connectivity index (χ4v) is 2.23. The maximum absolute atomic E-state index is 12.2. The van der Waals surface area contributed by atoms with Crippen molar-refractivity contribution in [2.75, 3.05) is 18.9 Å². The summed E-state index contributed by atoms with van der Waals surface area (Å²) in [5.74, 6) is 0.157. The van der Waals surface area contributed by atoms with Gasteiger partial charge in [-0.25, -0.2) is 0 Å². The van der Waals surface area contributed by atoms with E-state index in [9.17, 15) is 4.79 Å². The molecule has 1 fully saturated rings. The summed E-state index contributed by atoms with van der Waals surface area (Å²) in [6.45, 7) is 4.82. The van der Waals surface area contributed by atoms with Gasteiger partial charge in [-0.1, -0.05) is 18.2 Å². The van der Waals surface area contributed by atoms with Crippen molar-refractivity contribution in [1.29, 1.82) is 0 Å². The Bertz CT molecular complexity index is 416. The SMILES string of the molecule is CNCC1(C(=O)Nc2c(C)cccc2C)CC1. The highest BCUT2D eigenvalue weighted by atomic mass is 16.2. The molecule has 1 saturated carbocycles. The molecule has 1 aliphatic carbocycles. The van der Waals surface area contributed by atoms with Crippen molar-refractivity contribution in [1.82, 2.24) is 5.32 Å². The summed E-state index contributed by atoms with van der Waals surface area (Å²) < 4.78 is 0. The molecule has 0 heterocycles. The third-order valence-corrected chi connectivity index (χ3v) is 3.57. The highest BCUT2D eigenvalue weighted by Crippen LogP contribution is 2.46. The summed E-state index contributed by atoms with van der Waals surface area (Å²) >= 11 is 0. The lowest BCUT2D eigenvalue weighted by Crippen LogP contribution is -2.32. The number of carbonyl (C=O) groups is 1. The van der Waals surface area contributed by atoms with Crippen LogP contribution in [0.1, 0.15) is 24.0 Å². The molecular weight excluding hydrogens is 212 g/mol. The van der Waals surface area contributed by atoms with Gasteiger partial charge in [0, 0.05) is 12.2 Å². The average Bonchev–Trinajstić information content (AvgIpc) is 3.05. The summed E-state index contributed by atoms with van der Waals surface area (Å²) in [7, 11) is 1.90. The van der Waals surface area contributed by atoms with E-state index in [1.807, 2.05) is 39.1 Å². The number of carbonyl (C=O) groups excluding carboxylic acids is 1. The van der Waals surface area contributed by atoms with Gasteiger partial charge in [0.1, 0.15) is 0 Å². The topological polar surface area (TPSA) is 41.1 Å². The minimum absolute atomic E-state index is 0.157. The van der Waals surface area contributed by atoms with Crippen molar-refractivity contribution in [3.8, 4) is 0 Å². The van der Waals surface area contributed by atoms with Gasteiger partial charge in [-0.05, 0) is 44.9 Å². The van der Waals surface area contributed by atoms with Gasteiger partial charge in [0.05, 0.1) is 5.41 Å². The van der Waals surface area contributed by atoms with Gasteiger partial charge < -0.3 is 10.6 Å². The molecule has 1 aliphatic rings. The number of rotatable bonds is 4. The van der Waals surface area contributed by atoms with Crippen molar-refractivity contribution in [2.45, 2.75) is 26.7 Å². The Kier molecular flexibility index (Phi) is 3.20. The van der Waals surface area contributed by atoms with Gasteiger partial charge in [-0.3, -0.25) is 4.79 Å². The first kappa shape index (κ1) is 12.1. The smallest absolute Gasteiger partial charge is 0.231 e. The Balaban J connectivity index is 2.14. The summed E-state index contributed by atoms with van der Waals surface area (Å²) in [4.78, 5) is 12.2. The number of aryl methyl sites for hydroxylation is 2. The Labute approximate surface area is 103 Å². The predicted molar refractivity (Wildman–Crippen MR) is 70.1 cm³/mol. The van der Waals surface area contributed by atoms with Crippen LogP contribution in [-0.4, -0.2) is 19.5 Å². The minimum atomic E-state index is -0.163. The Morgan fingerprint density at radius 2 is 1.88 bits per heavy atom. The van der Waals surface area contributed by atoms with Crippen LogP contribution in [0.4, 0.5) is 5.69 Å². The zero-order chi connectivity index (χ0) is 12.5. The van der Waals surface area contributed by atoms with Crippen molar-refractivity contribution in [3.63, 3.8) is 0 Å². The van der Waals surface area contributed by atoms with Crippen LogP contribution in [0, 0.1) is 19.3 Å². The largest absolute Gasteiger partial charge is 0.325 e. The first-order valence-corrected chi connectivity index (χ1v) is 6.11. The molecule has 0 aliphatic heterocycles. The van der Waals surface area contributed by atoms with Gasteiger partial charge in [0.25, 0.3) is 0 Å².